The third-order valence-electron chi connectivity index (χ3n) is 8.72. The molecule has 0 heterocycles. The van der Waals surface area contributed by atoms with Gasteiger partial charge >= 0.3 is 0 Å². The molecule has 2 atom stereocenters. The minimum atomic E-state index is -0.0352. The summed E-state index contributed by atoms with van der Waals surface area (Å²) < 4.78 is 0. The summed E-state index contributed by atoms with van der Waals surface area (Å²) in [4.78, 5) is 0. The van der Waals surface area contributed by atoms with Crippen molar-refractivity contribution in [2.45, 2.75) is 226 Å². The number of unbranched alkanes of at least 4 members (excludes halogenated alkanes) is 22. The van der Waals surface area contributed by atoms with E-state index in [1.54, 1.807) is 0 Å². The SMILES string of the molecule is CCCCCCCCCCC(CCCCCCCC)CCCCCCCCCCC(O)CCCCCC. The summed E-state index contributed by atoms with van der Waals surface area (Å²) in [6.45, 7) is 6.89. The fourth-order valence-corrected chi connectivity index (χ4v) is 6.04. The summed E-state index contributed by atoms with van der Waals surface area (Å²) in [5.74, 6) is 1.01. The van der Waals surface area contributed by atoms with Crippen LogP contribution in [0.15, 0.2) is 0 Å². The number of hydrogen-bond donors (Lipinski definition) is 1. The second-order valence-electron chi connectivity index (χ2n) is 12.6. The molecular weight excluding hydrogens is 448 g/mol. The summed E-state index contributed by atoms with van der Waals surface area (Å²) in [6.07, 6.45) is 43.1. The van der Waals surface area contributed by atoms with E-state index in [1.807, 2.05) is 0 Å². The molecule has 0 spiro atoms. The van der Waals surface area contributed by atoms with Crippen LogP contribution < -0.4 is 0 Å². The molecule has 0 aliphatic rings. The van der Waals surface area contributed by atoms with Gasteiger partial charge in [-0.05, 0) is 18.8 Å². The third kappa shape index (κ3) is 30.4. The first-order valence-electron chi connectivity index (χ1n) is 17.9. The van der Waals surface area contributed by atoms with Gasteiger partial charge in [-0.15, -0.1) is 0 Å². The molecule has 1 heteroatoms. The number of aliphatic hydroxyl groups is 1. The van der Waals surface area contributed by atoms with Crippen LogP contribution in [0.5, 0.6) is 0 Å². The molecule has 0 saturated carbocycles. The molecule has 0 radical (unpaired) electrons. The predicted octanol–water partition coefficient (Wildman–Crippen LogP) is 13.1. The van der Waals surface area contributed by atoms with Crippen molar-refractivity contribution < 1.29 is 5.11 Å². The van der Waals surface area contributed by atoms with Crippen molar-refractivity contribution in [2.24, 2.45) is 5.92 Å². The highest BCUT2D eigenvalue weighted by Gasteiger charge is 2.09. The first kappa shape index (κ1) is 37.0. The van der Waals surface area contributed by atoms with Crippen molar-refractivity contribution in [2.75, 3.05) is 0 Å². The number of aliphatic hydroxyl groups excluding tert-OH is 1. The number of hydrogen-bond acceptors (Lipinski definition) is 1. The fraction of sp³-hybridized carbons (Fsp3) is 1.00. The van der Waals surface area contributed by atoms with Crippen LogP contribution in [0.3, 0.4) is 0 Å². The molecule has 1 nitrogen and oxygen atoms in total. The summed E-state index contributed by atoms with van der Waals surface area (Å²) in [5, 5.41) is 10.1. The van der Waals surface area contributed by atoms with E-state index in [0.717, 1.165) is 18.8 Å². The second kappa shape index (κ2) is 32.2. The van der Waals surface area contributed by atoms with Crippen LogP contribution in [0.25, 0.3) is 0 Å². The van der Waals surface area contributed by atoms with Gasteiger partial charge in [0.1, 0.15) is 0 Å². The summed E-state index contributed by atoms with van der Waals surface area (Å²) >= 11 is 0. The van der Waals surface area contributed by atoms with Crippen molar-refractivity contribution >= 4 is 0 Å². The highest BCUT2D eigenvalue weighted by Crippen LogP contribution is 2.25. The zero-order valence-corrected chi connectivity index (χ0v) is 26.5. The standard InChI is InChI=1S/C36H74O/c1-4-7-10-13-15-18-22-26-31-35(30-25-21-14-11-8-5-2)32-27-23-19-16-17-20-24-29-34-36(37)33-28-12-9-6-3/h35-37H,4-34H2,1-3H3. The molecule has 0 amide bonds. The molecule has 0 aromatic carbocycles. The van der Waals surface area contributed by atoms with Crippen molar-refractivity contribution in [1.29, 1.82) is 0 Å². The molecule has 0 fully saturated rings. The van der Waals surface area contributed by atoms with Gasteiger partial charge < -0.3 is 5.11 Å². The molecule has 0 bridgehead atoms. The topological polar surface area (TPSA) is 20.2 Å². The third-order valence-corrected chi connectivity index (χ3v) is 8.72. The molecule has 0 aromatic heterocycles. The normalized spacial score (nSPS) is 13.3. The van der Waals surface area contributed by atoms with E-state index in [1.165, 1.54) is 186 Å². The number of rotatable bonds is 32. The van der Waals surface area contributed by atoms with Gasteiger partial charge in [-0.3, -0.25) is 0 Å². The fourth-order valence-electron chi connectivity index (χ4n) is 6.04. The van der Waals surface area contributed by atoms with Crippen LogP contribution in [-0.2, 0) is 0 Å². The van der Waals surface area contributed by atoms with Crippen LogP contribution in [0.1, 0.15) is 220 Å². The van der Waals surface area contributed by atoms with Gasteiger partial charge in [-0.25, -0.2) is 0 Å². The lowest BCUT2D eigenvalue weighted by Gasteiger charge is -2.17. The van der Waals surface area contributed by atoms with E-state index in [-0.39, 0.29) is 6.10 Å². The Kier molecular flexibility index (Phi) is 32.1. The lowest BCUT2D eigenvalue weighted by Crippen LogP contribution is -2.05. The summed E-state index contributed by atoms with van der Waals surface area (Å²) in [6, 6.07) is 0. The van der Waals surface area contributed by atoms with Crippen molar-refractivity contribution in [3.63, 3.8) is 0 Å². The average molecular weight is 523 g/mol. The summed E-state index contributed by atoms with van der Waals surface area (Å²) in [5.41, 5.74) is 0. The Morgan fingerprint density at radius 3 is 0.811 bits per heavy atom. The van der Waals surface area contributed by atoms with Crippen LogP contribution in [0.4, 0.5) is 0 Å². The maximum atomic E-state index is 10.1. The summed E-state index contributed by atoms with van der Waals surface area (Å²) in [7, 11) is 0. The van der Waals surface area contributed by atoms with E-state index < -0.39 is 0 Å². The lowest BCUT2D eigenvalue weighted by atomic mass is 9.89. The van der Waals surface area contributed by atoms with Gasteiger partial charge in [0, 0.05) is 0 Å². The van der Waals surface area contributed by atoms with Crippen LogP contribution in [-0.4, -0.2) is 11.2 Å². The molecule has 0 rings (SSSR count). The molecule has 2 unspecified atom stereocenters. The Hall–Kier alpha value is -0.0400. The Labute approximate surface area is 236 Å². The maximum Gasteiger partial charge on any atom is 0.0540 e. The van der Waals surface area contributed by atoms with E-state index in [9.17, 15) is 5.11 Å². The van der Waals surface area contributed by atoms with Crippen LogP contribution in [0.2, 0.25) is 0 Å². The smallest absolute Gasteiger partial charge is 0.0540 e. The maximum absolute atomic E-state index is 10.1. The van der Waals surface area contributed by atoms with Crippen molar-refractivity contribution in [3.8, 4) is 0 Å². The largest absolute Gasteiger partial charge is 0.393 e. The monoisotopic (exact) mass is 523 g/mol. The van der Waals surface area contributed by atoms with E-state index in [2.05, 4.69) is 20.8 Å². The lowest BCUT2D eigenvalue weighted by molar-refractivity contribution is 0.147. The molecular formula is C36H74O. The quantitative estimate of drug-likeness (QED) is 0.0871. The molecule has 37 heavy (non-hydrogen) atoms. The van der Waals surface area contributed by atoms with E-state index >= 15 is 0 Å². The first-order valence-corrected chi connectivity index (χ1v) is 17.9. The Bertz CT molecular complexity index is 392. The predicted molar refractivity (Wildman–Crippen MR) is 170 cm³/mol. The van der Waals surface area contributed by atoms with Crippen LogP contribution in [0, 0.1) is 5.92 Å². The second-order valence-corrected chi connectivity index (χ2v) is 12.6. The van der Waals surface area contributed by atoms with E-state index in [4.69, 9.17) is 0 Å². The Morgan fingerprint density at radius 2 is 0.514 bits per heavy atom. The average Bonchev–Trinajstić information content (AvgIpc) is 2.90. The van der Waals surface area contributed by atoms with E-state index in [0.29, 0.717) is 0 Å². The molecule has 0 aliphatic carbocycles. The minimum Gasteiger partial charge on any atom is -0.393 e. The Morgan fingerprint density at radius 1 is 0.297 bits per heavy atom. The van der Waals surface area contributed by atoms with Gasteiger partial charge in [0.15, 0.2) is 0 Å². The van der Waals surface area contributed by atoms with Crippen LogP contribution >= 0.6 is 0 Å². The van der Waals surface area contributed by atoms with Gasteiger partial charge in [0.05, 0.1) is 6.10 Å². The minimum absolute atomic E-state index is 0.0352. The zero-order valence-electron chi connectivity index (χ0n) is 26.5. The molecule has 224 valence electrons. The molecule has 0 saturated heterocycles. The van der Waals surface area contributed by atoms with Crippen molar-refractivity contribution in [3.05, 3.63) is 0 Å². The Balaban J connectivity index is 3.77. The zero-order chi connectivity index (χ0) is 27.1. The van der Waals surface area contributed by atoms with Gasteiger partial charge in [0.2, 0.25) is 0 Å². The molecule has 0 aromatic rings. The van der Waals surface area contributed by atoms with Gasteiger partial charge in [-0.1, -0.05) is 207 Å². The molecule has 0 aliphatic heterocycles. The van der Waals surface area contributed by atoms with Gasteiger partial charge in [-0.2, -0.15) is 0 Å². The highest BCUT2D eigenvalue weighted by atomic mass is 16.3. The van der Waals surface area contributed by atoms with Gasteiger partial charge in [0.25, 0.3) is 0 Å². The van der Waals surface area contributed by atoms with Crippen molar-refractivity contribution in [1.82, 2.24) is 0 Å². The first-order chi connectivity index (χ1) is 18.2. The molecule has 1 N–H and O–H groups in total. The highest BCUT2D eigenvalue weighted by molar-refractivity contribution is 4.63.